The Kier molecular flexibility index (Phi) is 7.99. The van der Waals surface area contributed by atoms with Gasteiger partial charge in [-0.1, -0.05) is 18.2 Å². The van der Waals surface area contributed by atoms with Crippen molar-refractivity contribution >= 4 is 29.7 Å². The van der Waals surface area contributed by atoms with Crippen LogP contribution in [-0.4, -0.2) is 88.5 Å². The number of methoxy groups -OCH3 is 1. The zero-order chi connectivity index (χ0) is 33.9. The third-order valence-corrected chi connectivity index (χ3v) is 9.34. The number of nitrogens with zero attached hydrogens (tertiary/aromatic N) is 3. The molecule has 7 rings (SSSR count). The van der Waals surface area contributed by atoms with Crippen LogP contribution in [0.5, 0.6) is 17.2 Å². The standard InChI is InChI=1S/C32H37N7O9/c1-4-46-29(43)24-17(12-40)15(7-10-38-11-9-34-31(38)39-14-35-21-27(39)36-30(33)37-28(21)42)19-22(47-24)18(13-41)23-20(25(19)45-3)16-6-5-8-32(2,44)26(16)48-23/h5-7,9,11-12,16,21,26-27,30,35-36,41,44H,4,8,10,13-14,33H2,1-3H3,(H,37,42). The van der Waals surface area contributed by atoms with Gasteiger partial charge in [-0.3, -0.25) is 26.0 Å². The lowest BCUT2D eigenvalue weighted by Gasteiger charge is -2.35. The first-order chi connectivity index (χ1) is 23.1. The smallest absolute Gasteiger partial charge is 0.375 e. The highest BCUT2D eigenvalue weighted by Crippen LogP contribution is 2.59. The summed E-state index contributed by atoms with van der Waals surface area (Å²) >= 11 is 0. The summed E-state index contributed by atoms with van der Waals surface area (Å²) in [7, 11) is 1.47. The molecule has 16 heteroatoms. The zero-order valence-electron chi connectivity index (χ0n) is 26.6. The number of fused-ring (bicyclic) bond motifs is 5. The van der Waals surface area contributed by atoms with Crippen molar-refractivity contribution in [2.75, 3.05) is 25.3 Å². The van der Waals surface area contributed by atoms with Gasteiger partial charge in [0.2, 0.25) is 17.6 Å². The number of nitrogens with two attached hydrogens (primary N) is 1. The van der Waals surface area contributed by atoms with E-state index in [9.17, 15) is 24.6 Å². The predicted octanol–water partition coefficient (Wildman–Crippen LogP) is -0.545. The molecule has 48 heavy (non-hydrogen) atoms. The maximum atomic E-state index is 13.2. The van der Waals surface area contributed by atoms with E-state index in [4.69, 9.17) is 24.7 Å². The number of esters is 1. The second-order valence-corrected chi connectivity index (χ2v) is 12.3. The lowest BCUT2D eigenvalue weighted by atomic mass is 9.77. The molecule has 4 aliphatic heterocycles. The first kappa shape index (κ1) is 31.8. The van der Waals surface area contributed by atoms with Gasteiger partial charge >= 0.3 is 5.97 Å². The molecule has 0 saturated carbocycles. The van der Waals surface area contributed by atoms with Crippen LogP contribution in [0.3, 0.4) is 0 Å². The lowest BCUT2D eigenvalue weighted by Crippen LogP contribution is -2.70. The fraction of sp³-hybridized carbons (Fsp3) is 0.438. The van der Waals surface area contributed by atoms with E-state index >= 15 is 0 Å². The largest absolute Gasteiger partial charge is 0.496 e. The van der Waals surface area contributed by atoms with Crippen LogP contribution in [0.1, 0.15) is 42.9 Å². The van der Waals surface area contributed by atoms with Crippen molar-refractivity contribution in [3.8, 4) is 17.2 Å². The van der Waals surface area contributed by atoms with Gasteiger partial charge in [0, 0.05) is 36.0 Å². The Hall–Kier alpha value is -4.74. The molecule has 2 fully saturated rings. The molecule has 0 bridgehead atoms. The summed E-state index contributed by atoms with van der Waals surface area (Å²) in [5, 5.41) is 30.9. The summed E-state index contributed by atoms with van der Waals surface area (Å²) in [6, 6.07) is -0.559. The Bertz CT molecular complexity index is 1780. The van der Waals surface area contributed by atoms with Crippen LogP contribution < -0.4 is 40.8 Å². The van der Waals surface area contributed by atoms with Crippen LogP contribution in [0.2, 0.25) is 0 Å². The number of aromatic nitrogens is 2. The highest BCUT2D eigenvalue weighted by Gasteiger charge is 2.51. The number of ether oxygens (including phenoxy) is 4. The zero-order valence-corrected chi connectivity index (χ0v) is 26.6. The van der Waals surface area contributed by atoms with Gasteiger partial charge in [-0.25, -0.2) is 9.78 Å². The van der Waals surface area contributed by atoms with Gasteiger partial charge in [0.25, 0.3) is 0 Å². The van der Waals surface area contributed by atoms with E-state index in [1.165, 1.54) is 7.11 Å². The minimum absolute atomic E-state index is 0.0259. The Morgan fingerprint density at radius 1 is 1.33 bits per heavy atom. The van der Waals surface area contributed by atoms with E-state index < -0.39 is 48.7 Å². The summed E-state index contributed by atoms with van der Waals surface area (Å²) in [6.45, 7) is 3.25. The number of nitrogens with one attached hydrogen (secondary N) is 3. The number of aldehydes is 1. The average molecular weight is 664 g/mol. The number of benzene rings is 1. The van der Waals surface area contributed by atoms with Crippen molar-refractivity contribution in [2.24, 2.45) is 5.73 Å². The van der Waals surface area contributed by atoms with Gasteiger partial charge in [0.15, 0.2) is 6.29 Å². The second-order valence-electron chi connectivity index (χ2n) is 12.3. The van der Waals surface area contributed by atoms with E-state index in [-0.39, 0.29) is 47.5 Å². The predicted molar refractivity (Wildman–Crippen MR) is 168 cm³/mol. The van der Waals surface area contributed by atoms with E-state index in [1.807, 2.05) is 21.6 Å². The molecule has 5 aliphatic rings. The molecule has 2 saturated heterocycles. The summed E-state index contributed by atoms with van der Waals surface area (Å²) < 4.78 is 25.5. The van der Waals surface area contributed by atoms with Crippen molar-refractivity contribution in [3.05, 3.63) is 58.6 Å². The fourth-order valence-corrected chi connectivity index (χ4v) is 7.20. The SMILES string of the molecule is CCOC(=O)C1=C(C=O)C(=CCn2ccnc2N2CNC3C(=O)NC(N)NC32)c2c(c(CO)c3c(c2OC)C2C=CCC(C)(O)C2O3)O1. The third-order valence-electron chi connectivity index (χ3n) is 9.34. The van der Waals surface area contributed by atoms with Crippen LogP contribution in [0.25, 0.3) is 5.57 Å². The van der Waals surface area contributed by atoms with Gasteiger partial charge < -0.3 is 43.9 Å². The highest BCUT2D eigenvalue weighted by atomic mass is 16.6. The number of carbonyl (C=O) groups excluding carboxylic acids is 3. The first-order valence-electron chi connectivity index (χ1n) is 15.6. The molecule has 254 valence electrons. The van der Waals surface area contributed by atoms with Crippen LogP contribution in [0, 0.1) is 0 Å². The minimum atomic E-state index is -1.22. The summed E-state index contributed by atoms with van der Waals surface area (Å²) in [5.41, 5.74) is 6.13. The van der Waals surface area contributed by atoms with Gasteiger partial charge in [-0.15, -0.1) is 0 Å². The Balaban J connectivity index is 1.37. The number of allylic oxidation sites excluding steroid dienone is 3. The molecule has 0 spiro atoms. The van der Waals surface area contributed by atoms with Gasteiger partial charge in [0.1, 0.15) is 47.5 Å². The number of aliphatic hydroxyl groups is 2. The van der Waals surface area contributed by atoms with E-state index in [1.54, 1.807) is 32.3 Å². The van der Waals surface area contributed by atoms with Crippen LogP contribution >= 0.6 is 0 Å². The molecule has 16 nitrogen and oxygen atoms in total. The summed E-state index contributed by atoms with van der Waals surface area (Å²) in [4.78, 5) is 45.0. The third kappa shape index (κ3) is 4.86. The van der Waals surface area contributed by atoms with Gasteiger partial charge in [0.05, 0.1) is 43.7 Å². The molecule has 1 aliphatic carbocycles. The van der Waals surface area contributed by atoms with Gasteiger partial charge in [-0.2, -0.15) is 0 Å². The number of anilines is 1. The Morgan fingerprint density at radius 2 is 2.15 bits per heavy atom. The molecule has 5 heterocycles. The number of imidazole rings is 1. The molecule has 1 aromatic heterocycles. The average Bonchev–Trinajstić information content (AvgIpc) is 3.79. The number of carbonyl (C=O) groups is 3. The number of hydrogen-bond acceptors (Lipinski definition) is 14. The molecule has 0 radical (unpaired) electrons. The van der Waals surface area contributed by atoms with Crippen LogP contribution in [0.15, 0.2) is 42.0 Å². The molecule has 1 aromatic carbocycles. The minimum Gasteiger partial charge on any atom is -0.496 e. The molecule has 7 N–H and O–H groups in total. The number of amides is 1. The Labute approximate surface area is 275 Å². The Morgan fingerprint density at radius 3 is 2.88 bits per heavy atom. The van der Waals surface area contributed by atoms with Crippen molar-refractivity contribution in [2.45, 2.75) is 69.5 Å². The summed E-state index contributed by atoms with van der Waals surface area (Å²) in [6.07, 6.45) is 7.86. The summed E-state index contributed by atoms with van der Waals surface area (Å²) in [5.74, 6) is -0.721. The van der Waals surface area contributed by atoms with Crippen molar-refractivity contribution in [1.82, 2.24) is 25.5 Å². The second kappa shape index (κ2) is 12.1. The fourth-order valence-electron chi connectivity index (χ4n) is 7.20. The van der Waals surface area contributed by atoms with Crippen molar-refractivity contribution < 1.29 is 43.5 Å². The molecule has 1 amide bonds. The van der Waals surface area contributed by atoms with E-state index in [0.717, 1.165) is 0 Å². The molecular formula is C32H37N7O9. The van der Waals surface area contributed by atoms with Crippen molar-refractivity contribution in [1.29, 1.82) is 0 Å². The monoisotopic (exact) mass is 663 g/mol. The molecular weight excluding hydrogens is 626 g/mol. The molecule has 2 aromatic rings. The maximum Gasteiger partial charge on any atom is 0.375 e. The molecule has 6 atom stereocenters. The van der Waals surface area contributed by atoms with Crippen molar-refractivity contribution in [3.63, 3.8) is 0 Å². The lowest BCUT2D eigenvalue weighted by molar-refractivity contribution is -0.141. The normalized spacial score (nSPS) is 29.4. The molecule has 6 unspecified atom stereocenters. The number of aliphatic hydroxyl groups excluding tert-OH is 1. The van der Waals surface area contributed by atoms with Crippen LogP contribution in [0.4, 0.5) is 5.95 Å². The number of rotatable bonds is 8. The van der Waals surface area contributed by atoms with E-state index in [0.29, 0.717) is 47.8 Å². The topological polar surface area (TPSA) is 212 Å². The number of hydrogen-bond donors (Lipinski definition) is 6. The maximum absolute atomic E-state index is 13.2. The highest BCUT2D eigenvalue weighted by molar-refractivity contribution is 6.10. The van der Waals surface area contributed by atoms with Gasteiger partial charge in [-0.05, 0) is 20.3 Å². The van der Waals surface area contributed by atoms with E-state index in [2.05, 4.69) is 20.9 Å². The van der Waals surface area contributed by atoms with Crippen LogP contribution in [-0.2, 0) is 32.3 Å². The quantitative estimate of drug-likeness (QED) is 0.119. The first-order valence-corrected chi connectivity index (χ1v) is 15.6.